The number of aliphatic hydroxyl groups is 1. The van der Waals surface area contributed by atoms with Gasteiger partial charge in [0.05, 0.1) is 40.8 Å². The van der Waals surface area contributed by atoms with E-state index in [0.717, 1.165) is 11.1 Å². The topological polar surface area (TPSA) is 111 Å². The van der Waals surface area contributed by atoms with Crippen molar-refractivity contribution in [3.05, 3.63) is 76.7 Å². The Hall–Kier alpha value is -3.51. The molecule has 8 nitrogen and oxygen atoms in total. The van der Waals surface area contributed by atoms with Crippen molar-refractivity contribution in [2.75, 3.05) is 11.9 Å². The molecule has 0 aliphatic heterocycles. The molecule has 1 unspecified atom stereocenters. The first-order valence-corrected chi connectivity index (χ1v) is 11.7. The van der Waals surface area contributed by atoms with Crippen molar-refractivity contribution in [2.24, 2.45) is 0 Å². The summed E-state index contributed by atoms with van der Waals surface area (Å²) < 4.78 is 1.80. The van der Waals surface area contributed by atoms with E-state index in [0.29, 0.717) is 40.1 Å². The van der Waals surface area contributed by atoms with E-state index in [1.54, 1.807) is 16.7 Å². The van der Waals surface area contributed by atoms with Crippen molar-refractivity contribution in [1.29, 1.82) is 5.26 Å². The number of pyridine rings is 1. The van der Waals surface area contributed by atoms with Gasteiger partial charge in [0.1, 0.15) is 11.8 Å². The molecule has 0 aliphatic rings. The van der Waals surface area contributed by atoms with E-state index in [-0.39, 0.29) is 11.6 Å². The number of fused-ring (bicyclic) bond motifs is 1. The van der Waals surface area contributed by atoms with Crippen molar-refractivity contribution in [2.45, 2.75) is 45.4 Å². The number of aromatic nitrogens is 4. The molecule has 0 amide bonds. The number of anilines is 1. The molecule has 3 aromatic heterocycles. The molecule has 0 radical (unpaired) electrons. The fourth-order valence-corrected chi connectivity index (χ4v) is 3.90. The second-order valence-electron chi connectivity index (χ2n) is 9.44. The fraction of sp³-hybridized carbons (Fsp3) is 0.308. The zero-order valence-electron chi connectivity index (χ0n) is 20.1. The van der Waals surface area contributed by atoms with Gasteiger partial charge in [-0.3, -0.25) is 4.40 Å². The molecule has 9 heteroatoms. The Kier molecular flexibility index (Phi) is 7.03. The molecule has 0 aliphatic carbocycles. The van der Waals surface area contributed by atoms with Crippen LogP contribution in [-0.2, 0) is 0 Å². The van der Waals surface area contributed by atoms with Gasteiger partial charge in [0, 0.05) is 18.3 Å². The maximum atomic E-state index is 10.5. The van der Waals surface area contributed by atoms with Crippen molar-refractivity contribution in [3.8, 4) is 17.5 Å². The SMILES string of the molecule is CC(Nc1ncc(C#N)c(-c2cnc3c(Cl)cccn23)n1)c1ccc([C@H](O)CNC(C)(C)C)cc1. The Balaban J connectivity index is 1.54. The number of benzene rings is 1. The van der Waals surface area contributed by atoms with E-state index in [2.05, 4.69) is 52.4 Å². The van der Waals surface area contributed by atoms with Crippen LogP contribution >= 0.6 is 11.6 Å². The van der Waals surface area contributed by atoms with Gasteiger partial charge < -0.3 is 15.7 Å². The lowest BCUT2D eigenvalue weighted by atomic mass is 10.0. The molecule has 1 aromatic carbocycles. The Bertz CT molecular complexity index is 1370. The average Bonchev–Trinajstić information content (AvgIpc) is 3.27. The number of imidazole rings is 1. The molecule has 2 atom stereocenters. The van der Waals surface area contributed by atoms with Crippen molar-refractivity contribution >= 4 is 23.2 Å². The van der Waals surface area contributed by atoms with Crippen LogP contribution in [0.4, 0.5) is 5.95 Å². The number of halogens is 1. The quantitative estimate of drug-likeness (QED) is 0.338. The number of rotatable bonds is 7. The molecule has 180 valence electrons. The minimum Gasteiger partial charge on any atom is -0.387 e. The number of hydrogen-bond acceptors (Lipinski definition) is 7. The third-order valence-corrected chi connectivity index (χ3v) is 5.93. The summed E-state index contributed by atoms with van der Waals surface area (Å²) in [5, 5.41) is 27.2. The molecule has 35 heavy (non-hydrogen) atoms. The van der Waals surface area contributed by atoms with Gasteiger partial charge in [0.15, 0.2) is 5.65 Å². The molecule has 4 aromatic rings. The lowest BCUT2D eigenvalue weighted by molar-refractivity contribution is 0.163. The lowest BCUT2D eigenvalue weighted by Crippen LogP contribution is -2.38. The first-order chi connectivity index (χ1) is 16.7. The normalized spacial score (nSPS) is 13.4. The standard InChI is InChI=1S/C26H28ClN7O/c1-16(17-7-9-18(10-8-17)22(35)15-31-26(2,3)4)32-25-30-13-19(12-28)23(33-25)21-14-29-24-20(27)6-5-11-34(21)24/h5-11,13-14,16,22,31,35H,15H2,1-4H3,(H,30,32,33)/t16?,22-/m1/s1. The molecule has 0 saturated carbocycles. The number of nitrogens with zero attached hydrogens (tertiary/aromatic N) is 5. The van der Waals surface area contributed by atoms with E-state index in [1.807, 2.05) is 43.5 Å². The number of nitriles is 1. The van der Waals surface area contributed by atoms with Crippen LogP contribution in [0.15, 0.2) is 55.0 Å². The predicted octanol–water partition coefficient (Wildman–Crippen LogP) is 4.91. The summed E-state index contributed by atoms with van der Waals surface area (Å²) in [4.78, 5) is 13.3. The zero-order valence-corrected chi connectivity index (χ0v) is 20.9. The van der Waals surface area contributed by atoms with Crippen molar-refractivity contribution < 1.29 is 5.11 Å². The first-order valence-electron chi connectivity index (χ1n) is 11.3. The second-order valence-corrected chi connectivity index (χ2v) is 9.85. The fourth-order valence-electron chi connectivity index (χ4n) is 3.68. The summed E-state index contributed by atoms with van der Waals surface area (Å²) in [7, 11) is 0. The van der Waals surface area contributed by atoms with Gasteiger partial charge in [-0.25, -0.2) is 15.0 Å². The average molecular weight is 490 g/mol. The third kappa shape index (κ3) is 5.60. The maximum Gasteiger partial charge on any atom is 0.223 e. The highest BCUT2D eigenvalue weighted by Crippen LogP contribution is 2.27. The predicted molar refractivity (Wildman–Crippen MR) is 137 cm³/mol. The molecule has 0 fully saturated rings. The first kappa shape index (κ1) is 24.6. The van der Waals surface area contributed by atoms with Gasteiger partial charge in [-0.1, -0.05) is 35.9 Å². The summed E-state index contributed by atoms with van der Waals surface area (Å²) in [5.74, 6) is 0.391. The van der Waals surface area contributed by atoms with Gasteiger partial charge in [-0.15, -0.1) is 0 Å². The zero-order chi connectivity index (χ0) is 25.2. The molecule has 3 N–H and O–H groups in total. The molecule has 4 rings (SSSR count). The van der Waals surface area contributed by atoms with E-state index in [1.165, 1.54) is 6.20 Å². The van der Waals surface area contributed by atoms with E-state index >= 15 is 0 Å². The number of β-amino-alcohol motifs (C(OH)–C–C–N with tert-alkyl or cyclic N) is 1. The number of aliphatic hydroxyl groups excluding tert-OH is 1. The summed E-state index contributed by atoms with van der Waals surface area (Å²) in [6, 6.07) is 13.4. The van der Waals surface area contributed by atoms with Crippen LogP contribution in [0.2, 0.25) is 5.02 Å². The maximum absolute atomic E-state index is 10.5. The highest BCUT2D eigenvalue weighted by atomic mass is 35.5. The summed E-state index contributed by atoms with van der Waals surface area (Å²) >= 11 is 6.25. The van der Waals surface area contributed by atoms with Gasteiger partial charge >= 0.3 is 0 Å². The Morgan fingerprint density at radius 2 is 1.83 bits per heavy atom. The number of hydrogen-bond donors (Lipinski definition) is 3. The summed E-state index contributed by atoms with van der Waals surface area (Å²) in [6.45, 7) is 8.68. The molecule has 3 heterocycles. The highest BCUT2D eigenvalue weighted by Gasteiger charge is 2.17. The Labute approximate surface area is 209 Å². The summed E-state index contributed by atoms with van der Waals surface area (Å²) in [5.41, 5.74) is 3.86. The third-order valence-electron chi connectivity index (χ3n) is 5.63. The van der Waals surface area contributed by atoms with Crippen LogP contribution in [0.1, 0.15) is 56.5 Å². The Morgan fingerprint density at radius 1 is 1.11 bits per heavy atom. The minimum atomic E-state index is -0.588. The smallest absolute Gasteiger partial charge is 0.223 e. The van der Waals surface area contributed by atoms with Crippen LogP contribution in [0.5, 0.6) is 0 Å². The second kappa shape index (κ2) is 10.0. The molecular formula is C26H28ClN7O. The van der Waals surface area contributed by atoms with Gasteiger partial charge in [-0.05, 0) is 51.0 Å². The van der Waals surface area contributed by atoms with Crippen LogP contribution < -0.4 is 10.6 Å². The minimum absolute atomic E-state index is 0.0607. The van der Waals surface area contributed by atoms with Crippen LogP contribution in [0.3, 0.4) is 0 Å². The lowest BCUT2D eigenvalue weighted by Gasteiger charge is -2.23. The number of nitrogens with one attached hydrogen (secondary N) is 2. The van der Waals surface area contributed by atoms with Gasteiger partial charge in [-0.2, -0.15) is 5.26 Å². The van der Waals surface area contributed by atoms with Gasteiger partial charge in [0.2, 0.25) is 5.95 Å². The molecule has 0 bridgehead atoms. The van der Waals surface area contributed by atoms with Crippen molar-refractivity contribution in [3.63, 3.8) is 0 Å². The van der Waals surface area contributed by atoms with E-state index < -0.39 is 6.10 Å². The van der Waals surface area contributed by atoms with Crippen LogP contribution in [0, 0.1) is 11.3 Å². The van der Waals surface area contributed by atoms with Crippen LogP contribution in [0.25, 0.3) is 17.0 Å². The van der Waals surface area contributed by atoms with E-state index in [4.69, 9.17) is 11.6 Å². The van der Waals surface area contributed by atoms with Crippen molar-refractivity contribution in [1.82, 2.24) is 24.7 Å². The highest BCUT2D eigenvalue weighted by molar-refractivity contribution is 6.33. The monoisotopic (exact) mass is 489 g/mol. The van der Waals surface area contributed by atoms with Gasteiger partial charge in [0.25, 0.3) is 0 Å². The van der Waals surface area contributed by atoms with E-state index in [9.17, 15) is 10.4 Å². The molecular weight excluding hydrogens is 462 g/mol. The van der Waals surface area contributed by atoms with Crippen LogP contribution in [-0.4, -0.2) is 36.5 Å². The summed E-state index contributed by atoms with van der Waals surface area (Å²) in [6.07, 6.45) is 4.39. The largest absolute Gasteiger partial charge is 0.387 e. The Morgan fingerprint density at radius 3 is 2.51 bits per heavy atom. The molecule has 0 spiro atoms. The molecule has 0 saturated heterocycles.